The molecular formula is C18H36N3P. The molecular weight excluding hydrogens is 289 g/mol. The molecule has 0 spiro atoms. The predicted molar refractivity (Wildman–Crippen MR) is 97.0 cm³/mol. The van der Waals surface area contributed by atoms with Crippen molar-refractivity contribution in [3.8, 4) is 0 Å². The summed E-state index contributed by atoms with van der Waals surface area (Å²) in [7, 11) is -0.233. The van der Waals surface area contributed by atoms with Crippen LogP contribution in [0.25, 0.3) is 0 Å². The molecule has 0 unspecified atom stereocenters. The van der Waals surface area contributed by atoms with Crippen molar-refractivity contribution in [1.29, 1.82) is 0 Å². The number of hydrogen-bond acceptors (Lipinski definition) is 3. The molecule has 0 aromatic carbocycles. The maximum absolute atomic E-state index is 2.92. The zero-order chi connectivity index (χ0) is 15.5. The first kappa shape index (κ1) is 17.1. The Kier molecular flexibility index (Phi) is 6.17. The molecule has 128 valence electrons. The van der Waals surface area contributed by atoms with Gasteiger partial charge >= 0.3 is 0 Å². The molecule has 0 aromatic rings. The minimum absolute atomic E-state index is 0.233. The number of hydrogen-bond donors (Lipinski definition) is 0. The highest BCUT2D eigenvalue weighted by atomic mass is 31.2. The second-order valence-corrected chi connectivity index (χ2v) is 9.87. The molecule has 3 fully saturated rings. The fourth-order valence-electron chi connectivity index (χ4n) is 4.49. The van der Waals surface area contributed by atoms with Crippen molar-refractivity contribution < 1.29 is 0 Å². The van der Waals surface area contributed by atoms with Gasteiger partial charge in [0, 0.05) is 37.8 Å². The summed E-state index contributed by atoms with van der Waals surface area (Å²) in [6, 6.07) is 2.34. The lowest BCUT2D eigenvalue weighted by atomic mass is 10.1. The molecule has 4 heteroatoms. The second kappa shape index (κ2) is 7.92. The molecule has 22 heavy (non-hydrogen) atoms. The van der Waals surface area contributed by atoms with E-state index < -0.39 is 0 Å². The summed E-state index contributed by atoms with van der Waals surface area (Å²) < 4.78 is 8.76. The monoisotopic (exact) mass is 325 g/mol. The molecule has 3 nitrogen and oxygen atoms in total. The van der Waals surface area contributed by atoms with Crippen LogP contribution in [-0.2, 0) is 0 Å². The molecule has 3 atom stereocenters. The van der Waals surface area contributed by atoms with Crippen molar-refractivity contribution in [3.05, 3.63) is 0 Å². The van der Waals surface area contributed by atoms with E-state index in [-0.39, 0.29) is 8.37 Å². The average molecular weight is 325 g/mol. The molecule has 3 heterocycles. The molecule has 3 aliphatic heterocycles. The van der Waals surface area contributed by atoms with Crippen LogP contribution in [0.5, 0.6) is 0 Å². The van der Waals surface area contributed by atoms with Gasteiger partial charge in [-0.2, -0.15) is 0 Å². The van der Waals surface area contributed by atoms with E-state index >= 15 is 0 Å². The normalized spacial score (nSPS) is 36.8. The molecule has 0 saturated carbocycles. The molecule has 0 radical (unpaired) electrons. The number of nitrogens with zero attached hydrogens (tertiary/aromatic N) is 3. The Hall–Kier alpha value is 0.310. The van der Waals surface area contributed by atoms with Gasteiger partial charge in [-0.1, -0.05) is 19.3 Å². The summed E-state index contributed by atoms with van der Waals surface area (Å²) in [6.45, 7) is 11.4. The molecule has 3 rings (SSSR count). The van der Waals surface area contributed by atoms with Crippen molar-refractivity contribution in [1.82, 2.24) is 14.0 Å². The second-order valence-electron chi connectivity index (χ2n) is 7.79. The Morgan fingerprint density at radius 2 is 0.864 bits per heavy atom. The standard InChI is InChI=1S/C18H36N3P/c1-16-10-4-7-13-19(16)22(20-14-8-5-11-17(20)2)21-15-9-6-12-18(21)3/h16-18H,4-15H2,1-3H3/t16-,17-,18+/m1/s1. The Balaban J connectivity index is 1.83. The van der Waals surface area contributed by atoms with Crippen LogP contribution >= 0.6 is 8.37 Å². The van der Waals surface area contributed by atoms with Gasteiger partial charge in [0.15, 0.2) is 0 Å². The van der Waals surface area contributed by atoms with Gasteiger partial charge in [0.2, 0.25) is 0 Å². The lowest BCUT2D eigenvalue weighted by molar-refractivity contribution is 0.178. The Morgan fingerprint density at radius 3 is 1.14 bits per heavy atom. The maximum atomic E-state index is 2.92. The van der Waals surface area contributed by atoms with Crippen LogP contribution in [0.1, 0.15) is 78.6 Å². The summed E-state index contributed by atoms with van der Waals surface area (Å²) >= 11 is 0. The highest BCUT2D eigenvalue weighted by Crippen LogP contribution is 2.55. The first-order valence-electron chi connectivity index (χ1n) is 9.78. The number of piperidine rings is 3. The van der Waals surface area contributed by atoms with Crippen molar-refractivity contribution in [2.75, 3.05) is 19.6 Å². The largest absolute Gasteiger partial charge is 0.255 e. The van der Waals surface area contributed by atoms with E-state index in [2.05, 4.69) is 34.8 Å². The van der Waals surface area contributed by atoms with Gasteiger partial charge in [0.1, 0.15) is 8.37 Å². The predicted octanol–water partition coefficient (Wildman–Crippen LogP) is 4.84. The third kappa shape index (κ3) is 3.69. The average Bonchev–Trinajstić information content (AvgIpc) is 2.53. The van der Waals surface area contributed by atoms with Crippen molar-refractivity contribution in [2.45, 2.75) is 96.7 Å². The molecule has 0 amide bonds. The first-order chi connectivity index (χ1) is 10.7. The Morgan fingerprint density at radius 1 is 0.545 bits per heavy atom. The third-order valence-corrected chi connectivity index (χ3v) is 9.15. The van der Waals surface area contributed by atoms with E-state index in [1.165, 1.54) is 77.4 Å². The fraction of sp³-hybridized carbons (Fsp3) is 1.00. The van der Waals surface area contributed by atoms with Gasteiger partial charge in [-0.05, 0) is 59.3 Å². The van der Waals surface area contributed by atoms with Crippen molar-refractivity contribution >= 4 is 8.37 Å². The molecule has 0 N–H and O–H groups in total. The molecule has 3 saturated heterocycles. The molecule has 3 aliphatic rings. The fourth-order valence-corrected chi connectivity index (χ4v) is 7.74. The van der Waals surface area contributed by atoms with Gasteiger partial charge in [-0.15, -0.1) is 0 Å². The minimum Gasteiger partial charge on any atom is -0.255 e. The van der Waals surface area contributed by atoms with Gasteiger partial charge in [-0.3, -0.25) is 14.0 Å². The lowest BCUT2D eigenvalue weighted by Gasteiger charge is -2.54. The SMILES string of the molecule is C[C@@H]1CCCCN1P(N1CCCC[C@H]1C)N1CCCC[C@@H]1C. The van der Waals surface area contributed by atoms with Crippen molar-refractivity contribution in [2.24, 2.45) is 0 Å². The minimum atomic E-state index is -0.233. The van der Waals surface area contributed by atoms with Crippen LogP contribution in [0.2, 0.25) is 0 Å². The maximum Gasteiger partial charge on any atom is 0.120 e. The van der Waals surface area contributed by atoms with E-state index in [4.69, 9.17) is 0 Å². The summed E-state index contributed by atoms with van der Waals surface area (Å²) in [5.41, 5.74) is 0. The molecule has 0 aliphatic carbocycles. The highest BCUT2D eigenvalue weighted by molar-refractivity contribution is 7.50. The molecule has 0 aromatic heterocycles. The summed E-state index contributed by atoms with van der Waals surface area (Å²) in [5.74, 6) is 0. The Labute approximate surface area is 139 Å². The van der Waals surface area contributed by atoms with Crippen LogP contribution in [0.3, 0.4) is 0 Å². The van der Waals surface area contributed by atoms with Crippen LogP contribution in [0, 0.1) is 0 Å². The van der Waals surface area contributed by atoms with Crippen LogP contribution < -0.4 is 0 Å². The van der Waals surface area contributed by atoms with E-state index in [1.54, 1.807) is 0 Å². The van der Waals surface area contributed by atoms with Crippen LogP contribution in [-0.4, -0.2) is 51.8 Å². The molecule has 0 bridgehead atoms. The Bertz CT molecular complexity index is 299. The quantitative estimate of drug-likeness (QED) is 0.688. The van der Waals surface area contributed by atoms with E-state index in [0.29, 0.717) is 0 Å². The lowest BCUT2D eigenvalue weighted by Crippen LogP contribution is -2.50. The van der Waals surface area contributed by atoms with Gasteiger partial charge in [-0.25, -0.2) is 0 Å². The van der Waals surface area contributed by atoms with Crippen LogP contribution in [0.15, 0.2) is 0 Å². The smallest absolute Gasteiger partial charge is 0.120 e. The van der Waals surface area contributed by atoms with Gasteiger partial charge < -0.3 is 0 Å². The highest BCUT2D eigenvalue weighted by Gasteiger charge is 2.40. The topological polar surface area (TPSA) is 9.72 Å². The zero-order valence-corrected chi connectivity index (χ0v) is 15.9. The summed E-state index contributed by atoms with van der Waals surface area (Å²) in [6.07, 6.45) is 12.8. The van der Waals surface area contributed by atoms with Gasteiger partial charge in [0.05, 0.1) is 0 Å². The van der Waals surface area contributed by atoms with E-state index in [0.717, 1.165) is 18.1 Å². The van der Waals surface area contributed by atoms with E-state index in [9.17, 15) is 0 Å². The zero-order valence-electron chi connectivity index (χ0n) is 15.0. The van der Waals surface area contributed by atoms with E-state index in [1.807, 2.05) is 0 Å². The summed E-state index contributed by atoms with van der Waals surface area (Å²) in [4.78, 5) is 0. The summed E-state index contributed by atoms with van der Waals surface area (Å²) in [5, 5.41) is 0. The number of rotatable bonds is 3. The van der Waals surface area contributed by atoms with Gasteiger partial charge in [0.25, 0.3) is 0 Å². The van der Waals surface area contributed by atoms with Crippen molar-refractivity contribution in [3.63, 3.8) is 0 Å². The first-order valence-corrected chi connectivity index (χ1v) is 11.0. The van der Waals surface area contributed by atoms with Crippen LogP contribution in [0.4, 0.5) is 0 Å². The third-order valence-electron chi connectivity index (χ3n) is 5.99.